The van der Waals surface area contributed by atoms with E-state index in [0.717, 1.165) is 45.8 Å². The predicted octanol–water partition coefficient (Wildman–Crippen LogP) is 19.7. The summed E-state index contributed by atoms with van der Waals surface area (Å²) in [6, 6.07) is 27.7. The van der Waals surface area contributed by atoms with Crippen LogP contribution < -0.4 is 32.1 Å². The first-order chi connectivity index (χ1) is 68.4. The summed E-state index contributed by atoms with van der Waals surface area (Å²) in [6.45, 7) is 0.597. The molecule has 12 N–H and O–H groups in total. The number of allylic oxidation sites excluding steroid dienone is 8. The number of hydrogen-bond donors (Lipinski definition) is 10. The molecule has 2 amide bonds. The van der Waals surface area contributed by atoms with E-state index >= 15 is 26.3 Å². The topological polar surface area (TPSA) is 457 Å². The molecule has 0 fully saturated rings. The predicted molar refractivity (Wildman–Crippen MR) is 527 cm³/mol. The standard InChI is InChI=1S/C27H17F2N3O5.C26H18ClFN2O4.C26H16F2N4O5.C25H17ClFN3O4.2CH4/c28-18-9-13-7-14(25(30)33)6-12(13)8-15(18)11-32-20-10-19(29)16-3-5-37-24(16)22(20)21(23(32)27(35)36)17-2-1-4-31-26(17)34;27-18-6-5-13(16-10-29-11-17(16)18)12-30-20-9-19(28)14-7-8-34-25(14)23(20)22(24(30)26(32)33)15-3-1-2-4-21(15)31;27-15-8-17-11(7-18(31-17)24(29)33)6-12(15)10-32-19-9-16(28)13-3-5-37-23(13)21(19)20(22(32)26(35)36)14-2-1-4-30-25(14)34;26-16-8-18-12(10-28-29-18)7-13(16)11-30-19-9-17(27)14-5-6-34-24(14)22(19)21(23(30)25(32)33)15-3-1-2-4-20(15)31;;/h1-5,7-10H,6,11H2,(H2,30,33)(H,31,34)(H,35,36);1-3,5-6,9,11H,4,7-8,10,12H2,(H,32,33);1-9,31H,10H2,(H2,29,33)(H,30,34)(H,35,36);1-3,7-10H,4-6,11H2,(H,28,29)(H,32,33);2*1H4. The first-order valence-electron chi connectivity index (χ1n) is 43.8. The summed E-state index contributed by atoms with van der Waals surface area (Å²) in [5, 5.41) is 51.8. The lowest BCUT2D eigenvalue weighted by molar-refractivity contribution is -0.115. The number of nitrogens with zero attached hydrogens (tertiary/aromatic N) is 6. The lowest BCUT2D eigenvalue weighted by Gasteiger charge is -2.14. The van der Waals surface area contributed by atoms with Crippen molar-refractivity contribution >= 4 is 181 Å². The van der Waals surface area contributed by atoms with Crippen molar-refractivity contribution in [2.75, 3.05) is 13.2 Å². The fourth-order valence-corrected chi connectivity index (χ4v) is 20.2. The number of furan rings is 2. The molecular weight excluding hydrogens is 1910 g/mol. The summed E-state index contributed by atoms with van der Waals surface area (Å²) < 4.78 is 119. The Morgan fingerprint density at radius 2 is 0.965 bits per heavy atom. The molecule has 0 saturated heterocycles. The number of pyridine rings is 2. The van der Waals surface area contributed by atoms with E-state index in [1.807, 2.05) is 12.1 Å². The Morgan fingerprint density at radius 1 is 0.486 bits per heavy atom. The fourth-order valence-electron chi connectivity index (χ4n) is 19.8. The van der Waals surface area contributed by atoms with Gasteiger partial charge in [0.2, 0.25) is 5.91 Å². The van der Waals surface area contributed by atoms with Crippen molar-refractivity contribution in [1.82, 2.24) is 43.4 Å². The number of carbonyl (C=O) groups is 8. The van der Waals surface area contributed by atoms with Gasteiger partial charge in [0.05, 0.1) is 123 Å². The number of H-pyrrole nitrogens is 4. The number of primary amides is 2. The van der Waals surface area contributed by atoms with E-state index in [0.29, 0.717) is 114 Å². The number of benzene rings is 8. The number of nitrogens with two attached hydrogens (primary N) is 2. The third-order valence-corrected chi connectivity index (χ3v) is 26.7. The molecule has 6 aliphatic rings. The number of halogens is 8. The van der Waals surface area contributed by atoms with Gasteiger partial charge >= 0.3 is 23.9 Å². The molecule has 0 saturated carbocycles. The maximum Gasteiger partial charge on any atom is 0.353 e. The molecule has 8 aromatic carbocycles. The van der Waals surface area contributed by atoms with Gasteiger partial charge in [-0.15, -0.1) is 0 Å². The van der Waals surface area contributed by atoms with E-state index in [-0.39, 0.29) is 206 Å². The molecule has 144 heavy (non-hydrogen) atoms. The van der Waals surface area contributed by atoms with Gasteiger partial charge in [-0.2, -0.15) is 5.10 Å². The number of aromatic carboxylic acids is 4. The highest BCUT2D eigenvalue weighted by atomic mass is 35.5. The van der Waals surface area contributed by atoms with E-state index in [4.69, 9.17) is 53.0 Å². The number of carbonyl (C=O) groups excluding carboxylic acids is 4. The lowest BCUT2D eigenvalue weighted by atomic mass is 9.92. The van der Waals surface area contributed by atoms with Gasteiger partial charge in [-0.3, -0.25) is 38.9 Å². The molecule has 0 unspecified atom stereocenters. The van der Waals surface area contributed by atoms with Crippen LogP contribution in [0.25, 0.3) is 127 Å². The number of ether oxygens (including phenoxy) is 2. The molecule has 10 aromatic heterocycles. The van der Waals surface area contributed by atoms with Crippen LogP contribution in [0.15, 0.2) is 212 Å². The summed E-state index contributed by atoms with van der Waals surface area (Å²) >= 11 is 12.8. The largest absolute Gasteiger partial charge is 0.492 e. The summed E-state index contributed by atoms with van der Waals surface area (Å²) in [5.41, 5.74) is 17.7. The van der Waals surface area contributed by atoms with E-state index < -0.39 is 81.7 Å². The van der Waals surface area contributed by atoms with Gasteiger partial charge in [0, 0.05) is 157 Å². The van der Waals surface area contributed by atoms with Crippen molar-refractivity contribution in [3.05, 3.63) is 349 Å². The zero-order valence-corrected chi connectivity index (χ0v) is 74.8. The molecule has 724 valence electrons. The number of fused-ring (bicyclic) bond motifs is 16. The van der Waals surface area contributed by atoms with Crippen LogP contribution in [-0.4, -0.2) is 131 Å². The second-order valence-electron chi connectivity index (χ2n) is 34.1. The van der Waals surface area contributed by atoms with E-state index in [1.165, 1.54) is 117 Å². The van der Waals surface area contributed by atoms with Gasteiger partial charge in [0.15, 0.2) is 11.6 Å². The Balaban J connectivity index is 0.000000121. The third-order valence-electron chi connectivity index (χ3n) is 26.1. The second kappa shape index (κ2) is 37.1. The molecule has 0 atom stereocenters. The Bertz CT molecular complexity index is 9070. The van der Waals surface area contributed by atoms with Gasteiger partial charge in [0.25, 0.3) is 17.0 Å². The van der Waals surface area contributed by atoms with Crippen molar-refractivity contribution in [2.45, 2.75) is 79.7 Å². The molecule has 24 rings (SSSR count). The maximum atomic E-state index is 15.2. The Kier molecular flexibility index (Phi) is 24.5. The Hall–Kier alpha value is -17.8. The molecule has 30 nitrogen and oxygen atoms in total. The maximum absolute atomic E-state index is 15.2. The van der Waals surface area contributed by atoms with Gasteiger partial charge < -0.3 is 83.4 Å². The summed E-state index contributed by atoms with van der Waals surface area (Å²) in [7, 11) is 0. The number of aromatic nitrogens is 9. The van der Waals surface area contributed by atoms with Crippen molar-refractivity contribution in [1.29, 1.82) is 0 Å². The molecule has 38 heteroatoms. The van der Waals surface area contributed by atoms with E-state index in [2.05, 4.69) is 30.1 Å². The van der Waals surface area contributed by atoms with Crippen molar-refractivity contribution in [3.8, 4) is 33.8 Å². The highest BCUT2D eigenvalue weighted by Gasteiger charge is 2.39. The summed E-state index contributed by atoms with van der Waals surface area (Å²) in [4.78, 5) is 137. The first-order valence-corrected chi connectivity index (χ1v) is 44.5. The Labute approximate surface area is 815 Å². The molecule has 0 bridgehead atoms. The number of aromatic amines is 4. The van der Waals surface area contributed by atoms with Gasteiger partial charge in [-0.25, -0.2) is 45.5 Å². The Morgan fingerprint density at radius 3 is 1.47 bits per heavy atom. The summed E-state index contributed by atoms with van der Waals surface area (Å²) in [6.07, 6.45) is 21.6. The normalized spacial score (nSPS) is 13.6. The van der Waals surface area contributed by atoms with Gasteiger partial charge in [-0.05, 0) is 137 Å². The molecule has 0 radical (unpaired) electrons. The minimum Gasteiger partial charge on any atom is -0.492 e. The number of Topliss-reactive ketones (excluding diaryl/α,β-unsaturated/α-hetero) is 2. The smallest absolute Gasteiger partial charge is 0.353 e. The molecule has 0 spiro atoms. The monoisotopic (exact) mass is 1990 g/mol. The highest BCUT2D eigenvalue weighted by molar-refractivity contribution is 6.34. The van der Waals surface area contributed by atoms with E-state index in [9.17, 15) is 68.4 Å². The van der Waals surface area contributed by atoms with Gasteiger partial charge in [0.1, 0.15) is 86.0 Å². The van der Waals surface area contributed by atoms with E-state index in [1.54, 1.807) is 65.6 Å². The van der Waals surface area contributed by atoms with Crippen molar-refractivity contribution < 1.29 is 103 Å². The number of carboxylic acid groups (broad SMARTS) is 4. The molecule has 13 heterocycles. The average molecular weight is 1990 g/mol. The minimum absolute atomic E-state index is 0. The van der Waals surface area contributed by atoms with Crippen LogP contribution in [0.1, 0.15) is 147 Å². The van der Waals surface area contributed by atoms with Crippen LogP contribution in [0.3, 0.4) is 0 Å². The fraction of sp³-hybridized carbons (Fsp3) is 0.132. The summed E-state index contributed by atoms with van der Waals surface area (Å²) in [5.74, 6) is -9.95. The van der Waals surface area contributed by atoms with Crippen LogP contribution >= 0.6 is 23.2 Å². The zero-order chi connectivity index (χ0) is 99.1. The first kappa shape index (κ1) is 95.1. The molecule has 18 aromatic rings. The minimum atomic E-state index is -1.41. The highest BCUT2D eigenvalue weighted by Crippen LogP contribution is 2.50. The molecule has 3 aliphatic heterocycles. The van der Waals surface area contributed by atoms with Crippen LogP contribution in [-0.2, 0) is 66.4 Å². The average Bonchev–Trinajstić information content (AvgIpc) is 1.58. The number of aliphatic imine (C=N–C) groups is 1. The zero-order valence-electron chi connectivity index (χ0n) is 73.3. The number of rotatable bonds is 18. The number of hydrogen-bond acceptors (Lipinski definition) is 16. The van der Waals surface area contributed by atoms with Crippen LogP contribution in [0.2, 0.25) is 10.0 Å². The van der Waals surface area contributed by atoms with Crippen LogP contribution in [0.5, 0.6) is 11.5 Å². The van der Waals surface area contributed by atoms with Crippen LogP contribution in [0, 0.1) is 34.9 Å². The van der Waals surface area contributed by atoms with Crippen molar-refractivity contribution in [2.24, 2.45) is 16.5 Å². The molecule has 3 aliphatic carbocycles. The van der Waals surface area contributed by atoms with Crippen LogP contribution in [0.4, 0.5) is 26.3 Å². The van der Waals surface area contributed by atoms with Gasteiger partial charge in [-0.1, -0.05) is 86.6 Å². The number of carboxylic acids is 4. The van der Waals surface area contributed by atoms with Crippen molar-refractivity contribution in [3.63, 3.8) is 0 Å². The number of ketones is 2. The molecular formula is C106H76Cl2F6N12O18. The number of nitrogens with one attached hydrogen (secondary N) is 4. The number of amides is 2. The lowest BCUT2D eigenvalue weighted by Crippen LogP contribution is -2.14. The second-order valence-corrected chi connectivity index (χ2v) is 34.9. The quantitative estimate of drug-likeness (QED) is 0.0357. The third kappa shape index (κ3) is 16.0. The SMILES string of the molecule is C.C.NC(=O)C1=Cc2cc(F)c(Cn3c(C(=O)O)c(-c4ccc[nH]c4=O)c4c5occc5c(F)cc43)cc2C1.NC(=O)c1cc2cc(Cn3c(C(=O)O)c(-c4ccc[nH]c4=O)c4c5occc5c(F)cc43)c(F)cc2[nH]1.O=C1CC=CC=C1c1c(C(=O)O)n(Cc2cc3cn[nH]c3cc2Cl)c2cc(F)c3c(c12)OCC3.O=C1CC=CC=C1c1c(C(=O)O)n(Cc2ccc(Cl)c3c2CN=C3)c2cc(F)c3c(c12)OCC3.